The predicted octanol–water partition coefficient (Wildman–Crippen LogP) is 2.93. The second-order valence-electron chi connectivity index (χ2n) is 6.17. The topological polar surface area (TPSA) is 23.6 Å². The van der Waals surface area contributed by atoms with Crippen LogP contribution in [-0.4, -0.2) is 48.4 Å². The highest BCUT2D eigenvalue weighted by molar-refractivity contribution is 6.30. The molecule has 1 aliphatic heterocycles. The van der Waals surface area contributed by atoms with Gasteiger partial charge in [-0.3, -0.25) is 4.79 Å². The van der Waals surface area contributed by atoms with Crippen LogP contribution in [0.4, 0.5) is 0 Å². The second kappa shape index (κ2) is 5.98. The molecule has 1 aromatic carbocycles. The van der Waals surface area contributed by atoms with Crippen molar-refractivity contribution in [2.24, 2.45) is 0 Å². The van der Waals surface area contributed by atoms with Crippen LogP contribution in [0.3, 0.4) is 0 Å². The Kier molecular flexibility index (Phi) is 4.23. The number of carbonyl (C=O) groups excluding carboxylic acids is 1. The fourth-order valence-electron chi connectivity index (χ4n) is 3.50. The minimum Gasteiger partial charge on any atom is -0.339 e. The Hall–Kier alpha value is -1.06. The summed E-state index contributed by atoms with van der Waals surface area (Å²) in [6.45, 7) is 6.98. The third kappa shape index (κ3) is 2.69. The van der Waals surface area contributed by atoms with Crippen LogP contribution in [0.5, 0.6) is 0 Å². The van der Waals surface area contributed by atoms with Crippen LogP contribution >= 0.6 is 11.6 Å². The van der Waals surface area contributed by atoms with Gasteiger partial charge in [-0.25, -0.2) is 0 Å². The van der Waals surface area contributed by atoms with Gasteiger partial charge in [0.05, 0.1) is 5.41 Å². The third-order valence-electron chi connectivity index (χ3n) is 5.12. The Morgan fingerprint density at radius 3 is 2.24 bits per heavy atom. The van der Waals surface area contributed by atoms with E-state index in [9.17, 15) is 4.79 Å². The summed E-state index contributed by atoms with van der Waals surface area (Å²) in [6, 6.07) is 7.86. The summed E-state index contributed by atoms with van der Waals surface area (Å²) < 4.78 is 0. The van der Waals surface area contributed by atoms with E-state index in [4.69, 9.17) is 11.6 Å². The summed E-state index contributed by atoms with van der Waals surface area (Å²) >= 11 is 5.98. The van der Waals surface area contributed by atoms with Gasteiger partial charge in [-0.2, -0.15) is 0 Å². The van der Waals surface area contributed by atoms with Gasteiger partial charge in [0, 0.05) is 31.2 Å². The van der Waals surface area contributed by atoms with Crippen molar-refractivity contribution in [3.63, 3.8) is 0 Å². The molecule has 1 saturated carbocycles. The molecule has 21 heavy (non-hydrogen) atoms. The first-order chi connectivity index (χ1) is 10.2. The summed E-state index contributed by atoms with van der Waals surface area (Å²) in [5.74, 6) is 0.326. The number of benzene rings is 1. The number of nitrogens with zero attached hydrogens (tertiary/aromatic N) is 2. The minimum absolute atomic E-state index is 0.279. The summed E-state index contributed by atoms with van der Waals surface area (Å²) in [5, 5.41) is 0.734. The van der Waals surface area contributed by atoms with Crippen LogP contribution < -0.4 is 0 Å². The molecule has 3 rings (SSSR count). The van der Waals surface area contributed by atoms with Crippen LogP contribution in [0.25, 0.3) is 0 Å². The summed E-state index contributed by atoms with van der Waals surface area (Å²) in [7, 11) is 0. The van der Waals surface area contributed by atoms with Gasteiger partial charge in [0.1, 0.15) is 0 Å². The van der Waals surface area contributed by atoms with Gasteiger partial charge in [0.15, 0.2) is 0 Å². The second-order valence-corrected chi connectivity index (χ2v) is 6.61. The maximum absolute atomic E-state index is 13.1. The molecule has 0 radical (unpaired) electrons. The van der Waals surface area contributed by atoms with E-state index in [-0.39, 0.29) is 5.41 Å². The lowest BCUT2D eigenvalue weighted by Gasteiger charge is -2.46. The summed E-state index contributed by atoms with van der Waals surface area (Å²) in [4.78, 5) is 17.5. The lowest BCUT2D eigenvalue weighted by atomic mass is 9.63. The van der Waals surface area contributed by atoms with Crippen molar-refractivity contribution < 1.29 is 4.79 Å². The number of carbonyl (C=O) groups is 1. The number of halogens is 1. The first-order valence-corrected chi connectivity index (χ1v) is 8.31. The smallest absolute Gasteiger partial charge is 0.233 e. The van der Waals surface area contributed by atoms with Crippen molar-refractivity contribution in [2.75, 3.05) is 32.7 Å². The first kappa shape index (κ1) is 14.9. The van der Waals surface area contributed by atoms with E-state index >= 15 is 0 Å². The normalized spacial score (nSPS) is 21.9. The van der Waals surface area contributed by atoms with Crippen LogP contribution in [0.2, 0.25) is 5.02 Å². The van der Waals surface area contributed by atoms with Gasteiger partial charge >= 0.3 is 0 Å². The Bertz CT molecular complexity index is 502. The average Bonchev–Trinajstić information content (AvgIpc) is 2.48. The van der Waals surface area contributed by atoms with Crippen LogP contribution in [0, 0.1) is 0 Å². The van der Waals surface area contributed by atoms with Crippen LogP contribution in [0.1, 0.15) is 31.7 Å². The van der Waals surface area contributed by atoms with E-state index < -0.39 is 0 Å². The zero-order valence-electron chi connectivity index (χ0n) is 12.6. The highest BCUT2D eigenvalue weighted by Crippen LogP contribution is 2.45. The zero-order chi connectivity index (χ0) is 14.9. The molecule has 0 bridgehead atoms. The molecule has 1 aromatic rings. The van der Waals surface area contributed by atoms with Crippen molar-refractivity contribution >= 4 is 17.5 Å². The SMILES string of the molecule is CCN1CCN(C(=O)C2(c3ccc(Cl)cc3)CCC2)CC1. The van der Waals surface area contributed by atoms with Crippen molar-refractivity contribution in [1.82, 2.24) is 9.80 Å². The van der Waals surface area contributed by atoms with E-state index in [2.05, 4.69) is 16.7 Å². The van der Waals surface area contributed by atoms with Crippen molar-refractivity contribution in [3.05, 3.63) is 34.9 Å². The number of hydrogen-bond acceptors (Lipinski definition) is 2. The average molecular weight is 307 g/mol. The van der Waals surface area contributed by atoms with Crippen molar-refractivity contribution in [3.8, 4) is 0 Å². The van der Waals surface area contributed by atoms with Gasteiger partial charge < -0.3 is 9.80 Å². The van der Waals surface area contributed by atoms with Crippen LogP contribution in [-0.2, 0) is 10.2 Å². The fourth-order valence-corrected chi connectivity index (χ4v) is 3.62. The molecule has 114 valence electrons. The van der Waals surface area contributed by atoms with Crippen LogP contribution in [0.15, 0.2) is 24.3 Å². The van der Waals surface area contributed by atoms with Gasteiger partial charge in [-0.15, -0.1) is 0 Å². The third-order valence-corrected chi connectivity index (χ3v) is 5.37. The summed E-state index contributed by atoms with van der Waals surface area (Å²) in [5.41, 5.74) is 0.861. The van der Waals surface area contributed by atoms with Gasteiger partial charge in [-0.05, 0) is 37.1 Å². The van der Waals surface area contributed by atoms with Crippen molar-refractivity contribution in [1.29, 1.82) is 0 Å². The number of hydrogen-bond donors (Lipinski definition) is 0. The largest absolute Gasteiger partial charge is 0.339 e. The van der Waals surface area contributed by atoms with Gasteiger partial charge in [0.25, 0.3) is 0 Å². The molecule has 0 N–H and O–H groups in total. The highest BCUT2D eigenvalue weighted by atomic mass is 35.5. The molecule has 0 aromatic heterocycles. The van der Waals surface area contributed by atoms with E-state index in [1.165, 1.54) is 0 Å². The maximum atomic E-state index is 13.1. The Labute approximate surface area is 131 Å². The molecule has 0 atom stereocenters. The standard InChI is InChI=1S/C17H23ClN2O/c1-2-19-10-12-20(13-11-19)16(21)17(8-3-9-17)14-4-6-15(18)7-5-14/h4-7H,2-3,8-13H2,1H3. The molecule has 1 heterocycles. The molecular weight excluding hydrogens is 284 g/mol. The number of likely N-dealkylation sites (N-methyl/N-ethyl adjacent to an activating group) is 1. The lowest BCUT2D eigenvalue weighted by molar-refractivity contribution is -0.142. The van der Waals surface area contributed by atoms with Gasteiger partial charge in [-0.1, -0.05) is 37.1 Å². The maximum Gasteiger partial charge on any atom is 0.233 e. The molecule has 1 aliphatic carbocycles. The molecule has 4 heteroatoms. The van der Waals surface area contributed by atoms with E-state index in [1.54, 1.807) is 0 Å². The monoisotopic (exact) mass is 306 g/mol. The van der Waals surface area contributed by atoms with E-state index in [0.29, 0.717) is 5.91 Å². The predicted molar refractivity (Wildman–Crippen MR) is 85.7 cm³/mol. The Balaban J connectivity index is 1.77. The minimum atomic E-state index is -0.279. The molecule has 2 fully saturated rings. The number of rotatable bonds is 3. The molecule has 1 saturated heterocycles. The highest BCUT2D eigenvalue weighted by Gasteiger charge is 2.47. The summed E-state index contributed by atoms with van der Waals surface area (Å²) in [6.07, 6.45) is 3.09. The molecule has 2 aliphatic rings. The Morgan fingerprint density at radius 2 is 1.76 bits per heavy atom. The molecule has 1 amide bonds. The molecule has 0 unspecified atom stereocenters. The molecule has 0 spiro atoms. The quantitative estimate of drug-likeness (QED) is 0.857. The lowest BCUT2D eigenvalue weighted by Crippen LogP contribution is -2.56. The fraction of sp³-hybridized carbons (Fsp3) is 0.588. The molecule has 3 nitrogen and oxygen atoms in total. The van der Waals surface area contributed by atoms with Crippen molar-refractivity contribution in [2.45, 2.75) is 31.6 Å². The first-order valence-electron chi connectivity index (χ1n) is 7.93. The van der Waals surface area contributed by atoms with E-state index in [0.717, 1.165) is 62.6 Å². The number of amides is 1. The van der Waals surface area contributed by atoms with E-state index in [1.807, 2.05) is 24.3 Å². The Morgan fingerprint density at radius 1 is 1.14 bits per heavy atom. The molecular formula is C17H23ClN2O. The zero-order valence-corrected chi connectivity index (χ0v) is 13.4. The number of piperazine rings is 1. The van der Waals surface area contributed by atoms with Gasteiger partial charge in [0.2, 0.25) is 5.91 Å².